The minimum absolute atomic E-state index is 0.926. The van der Waals surface area contributed by atoms with Crippen molar-refractivity contribution >= 4 is 0 Å². The maximum atomic E-state index is 3.68. The molecule has 0 spiro atoms. The summed E-state index contributed by atoms with van der Waals surface area (Å²) in [5, 5.41) is 9.70. The van der Waals surface area contributed by atoms with Gasteiger partial charge >= 0.3 is 0 Å². The summed E-state index contributed by atoms with van der Waals surface area (Å²) in [6.45, 7) is 5.88. The molecule has 0 saturated carbocycles. The van der Waals surface area contributed by atoms with Crippen molar-refractivity contribution < 1.29 is 0 Å². The first-order chi connectivity index (χ1) is 3.89. The molecule has 0 unspecified atom stereocenters. The number of hydrogen-bond donors (Lipinski definition) is 1. The number of aromatic amines is 1. The summed E-state index contributed by atoms with van der Waals surface area (Å²) < 4.78 is 0. The quantitative estimate of drug-likeness (QED) is 0.548. The molecule has 0 radical (unpaired) electrons. The lowest BCUT2D eigenvalue weighted by molar-refractivity contribution is 0.928. The Morgan fingerprint density at radius 2 is 2.12 bits per heavy atom. The summed E-state index contributed by atoms with van der Waals surface area (Å²) in [5.41, 5.74) is 0.926. The number of H-pyrrole nitrogens is 1. The number of hydrogen-bond acceptors (Lipinski definition) is 2. The first-order valence-electron chi connectivity index (χ1n) is 2.72. The maximum Gasteiger partial charge on any atom is 0.0793 e. The lowest BCUT2D eigenvalue weighted by atomic mass is 10.6. The monoisotopic (exact) mass is 113 g/mol. The Kier molecular flexibility index (Phi) is 3.84. The van der Waals surface area contributed by atoms with E-state index in [0.29, 0.717) is 0 Å². The van der Waals surface area contributed by atoms with Gasteiger partial charge in [0.1, 0.15) is 0 Å². The molecule has 0 aliphatic carbocycles. The minimum atomic E-state index is 0.926. The summed E-state index contributed by atoms with van der Waals surface area (Å²) in [4.78, 5) is 0. The molecule has 0 aromatic carbocycles. The molecule has 1 aromatic heterocycles. The molecule has 0 aliphatic heterocycles. The van der Waals surface area contributed by atoms with Crippen LogP contribution in [0.5, 0.6) is 0 Å². The number of aryl methyl sites for hydroxylation is 1. The third-order valence-electron chi connectivity index (χ3n) is 0.535. The van der Waals surface area contributed by atoms with Crippen molar-refractivity contribution in [1.29, 1.82) is 0 Å². The largest absolute Gasteiger partial charge is 0.198 e. The molecular formula is C5H11N3. The highest BCUT2D eigenvalue weighted by molar-refractivity contribution is 4.82. The number of nitrogens with zero attached hydrogens (tertiary/aromatic N) is 2. The van der Waals surface area contributed by atoms with Crippen LogP contribution in [0.1, 0.15) is 19.5 Å². The van der Waals surface area contributed by atoms with Gasteiger partial charge in [0.05, 0.1) is 11.9 Å². The highest BCUT2D eigenvalue weighted by Crippen LogP contribution is 1.77. The zero-order valence-corrected chi connectivity index (χ0v) is 5.47. The average Bonchev–Trinajstić information content (AvgIpc) is 2.24. The number of aromatic nitrogens is 3. The van der Waals surface area contributed by atoms with Gasteiger partial charge in [-0.2, -0.15) is 15.4 Å². The molecular weight excluding hydrogens is 102 g/mol. The Morgan fingerprint density at radius 3 is 2.25 bits per heavy atom. The van der Waals surface area contributed by atoms with Gasteiger partial charge in [0.2, 0.25) is 0 Å². The molecule has 0 amide bonds. The Hall–Kier alpha value is -0.860. The fraction of sp³-hybridized carbons (Fsp3) is 0.600. The van der Waals surface area contributed by atoms with Gasteiger partial charge in [0, 0.05) is 0 Å². The van der Waals surface area contributed by atoms with E-state index in [2.05, 4.69) is 15.4 Å². The van der Waals surface area contributed by atoms with Gasteiger partial charge in [-0.3, -0.25) is 0 Å². The molecule has 0 bridgehead atoms. The van der Waals surface area contributed by atoms with E-state index < -0.39 is 0 Å². The van der Waals surface area contributed by atoms with Gasteiger partial charge < -0.3 is 0 Å². The van der Waals surface area contributed by atoms with Gasteiger partial charge in [-0.1, -0.05) is 13.8 Å². The summed E-state index contributed by atoms with van der Waals surface area (Å²) >= 11 is 0. The van der Waals surface area contributed by atoms with Gasteiger partial charge in [0.15, 0.2) is 0 Å². The Labute approximate surface area is 49.1 Å². The van der Waals surface area contributed by atoms with Gasteiger partial charge in [0.25, 0.3) is 0 Å². The predicted molar refractivity (Wildman–Crippen MR) is 32.5 cm³/mol. The first kappa shape index (κ1) is 7.14. The predicted octanol–water partition coefficient (Wildman–Crippen LogP) is 1.14. The van der Waals surface area contributed by atoms with E-state index in [4.69, 9.17) is 0 Å². The SMILES string of the molecule is CC.Cc1cn[nH]n1. The van der Waals surface area contributed by atoms with E-state index in [1.807, 2.05) is 20.8 Å². The summed E-state index contributed by atoms with van der Waals surface area (Å²) in [6.07, 6.45) is 1.67. The van der Waals surface area contributed by atoms with Crippen molar-refractivity contribution in [1.82, 2.24) is 15.4 Å². The third kappa shape index (κ3) is 2.34. The van der Waals surface area contributed by atoms with Gasteiger partial charge in [-0.15, -0.1) is 0 Å². The number of rotatable bonds is 0. The molecule has 0 fully saturated rings. The highest BCUT2D eigenvalue weighted by atomic mass is 15.3. The molecule has 46 valence electrons. The van der Waals surface area contributed by atoms with Crippen molar-refractivity contribution in [2.75, 3.05) is 0 Å². The second-order valence-corrected chi connectivity index (χ2v) is 1.11. The van der Waals surface area contributed by atoms with Crippen LogP contribution in [-0.2, 0) is 0 Å². The van der Waals surface area contributed by atoms with Crippen LogP contribution >= 0.6 is 0 Å². The Bertz CT molecular complexity index is 111. The van der Waals surface area contributed by atoms with Crippen molar-refractivity contribution in [2.45, 2.75) is 20.8 Å². The molecule has 8 heavy (non-hydrogen) atoms. The summed E-state index contributed by atoms with van der Waals surface area (Å²) in [7, 11) is 0. The van der Waals surface area contributed by atoms with Gasteiger partial charge in [-0.05, 0) is 6.92 Å². The zero-order valence-electron chi connectivity index (χ0n) is 5.47. The molecule has 3 heteroatoms. The van der Waals surface area contributed by atoms with Crippen LogP contribution in [0.2, 0.25) is 0 Å². The fourth-order valence-electron chi connectivity index (χ4n) is 0.259. The zero-order chi connectivity index (χ0) is 6.41. The first-order valence-corrected chi connectivity index (χ1v) is 2.72. The normalized spacial score (nSPS) is 7.38. The fourth-order valence-corrected chi connectivity index (χ4v) is 0.259. The molecule has 1 heterocycles. The topological polar surface area (TPSA) is 41.6 Å². The average molecular weight is 113 g/mol. The van der Waals surface area contributed by atoms with Crippen LogP contribution in [0.25, 0.3) is 0 Å². The summed E-state index contributed by atoms with van der Waals surface area (Å²) in [5.74, 6) is 0. The second kappa shape index (κ2) is 4.30. The smallest absolute Gasteiger partial charge is 0.0793 e. The van der Waals surface area contributed by atoms with E-state index >= 15 is 0 Å². The van der Waals surface area contributed by atoms with E-state index in [-0.39, 0.29) is 0 Å². The van der Waals surface area contributed by atoms with Crippen molar-refractivity contribution in [3.8, 4) is 0 Å². The maximum absolute atomic E-state index is 3.68. The molecule has 1 rings (SSSR count). The third-order valence-corrected chi connectivity index (χ3v) is 0.535. The summed E-state index contributed by atoms with van der Waals surface area (Å²) in [6, 6.07) is 0. The van der Waals surface area contributed by atoms with Crippen LogP contribution in [0, 0.1) is 6.92 Å². The molecule has 1 aromatic rings. The van der Waals surface area contributed by atoms with E-state index in [9.17, 15) is 0 Å². The molecule has 0 aliphatic rings. The Balaban J connectivity index is 0.000000222. The highest BCUT2D eigenvalue weighted by Gasteiger charge is 1.76. The van der Waals surface area contributed by atoms with Crippen LogP contribution in [0.3, 0.4) is 0 Å². The van der Waals surface area contributed by atoms with Crippen molar-refractivity contribution in [3.05, 3.63) is 11.9 Å². The van der Waals surface area contributed by atoms with Gasteiger partial charge in [-0.25, -0.2) is 0 Å². The Morgan fingerprint density at radius 1 is 1.50 bits per heavy atom. The van der Waals surface area contributed by atoms with Crippen LogP contribution in [-0.4, -0.2) is 15.4 Å². The van der Waals surface area contributed by atoms with E-state index in [1.54, 1.807) is 6.20 Å². The van der Waals surface area contributed by atoms with E-state index in [1.165, 1.54) is 0 Å². The lowest BCUT2D eigenvalue weighted by Crippen LogP contribution is -1.66. The second-order valence-electron chi connectivity index (χ2n) is 1.11. The standard InChI is InChI=1S/C3H5N3.C2H6/c1-3-2-4-6-5-3;1-2/h2H,1H3,(H,4,5,6);1-2H3. The van der Waals surface area contributed by atoms with Crippen molar-refractivity contribution in [2.24, 2.45) is 0 Å². The van der Waals surface area contributed by atoms with Crippen molar-refractivity contribution in [3.63, 3.8) is 0 Å². The number of nitrogens with one attached hydrogen (secondary N) is 1. The minimum Gasteiger partial charge on any atom is -0.198 e. The molecule has 3 nitrogen and oxygen atoms in total. The van der Waals surface area contributed by atoms with Crippen LogP contribution in [0.15, 0.2) is 6.20 Å². The van der Waals surface area contributed by atoms with E-state index in [0.717, 1.165) is 5.69 Å². The van der Waals surface area contributed by atoms with Crippen LogP contribution in [0.4, 0.5) is 0 Å². The molecule has 0 saturated heterocycles. The molecule has 1 N–H and O–H groups in total. The van der Waals surface area contributed by atoms with Crippen LogP contribution < -0.4 is 0 Å². The lowest BCUT2D eigenvalue weighted by Gasteiger charge is -1.62. The molecule has 0 atom stereocenters.